The molecule has 0 saturated carbocycles. The normalized spacial score (nSPS) is 26.4. The summed E-state index contributed by atoms with van der Waals surface area (Å²) in [5.74, 6) is 0. The molecule has 1 fully saturated rings. The molecule has 2 unspecified atom stereocenters. The summed E-state index contributed by atoms with van der Waals surface area (Å²) >= 11 is 0. The van der Waals surface area contributed by atoms with Crippen molar-refractivity contribution in [3.05, 3.63) is 36.7 Å². The van der Waals surface area contributed by atoms with Gasteiger partial charge in [0.25, 0.3) is 0 Å². The first-order valence-electron chi connectivity index (χ1n) is 7.10. The van der Waals surface area contributed by atoms with Crippen molar-refractivity contribution >= 4 is 5.69 Å². The lowest BCUT2D eigenvalue weighted by Gasteiger charge is -2.33. The second kappa shape index (κ2) is 5.63. The number of ether oxygens (including phenoxy) is 1. The highest BCUT2D eigenvalue weighted by Gasteiger charge is 2.24. The van der Waals surface area contributed by atoms with Crippen LogP contribution >= 0.6 is 0 Å². The largest absolute Gasteiger partial charge is 0.380 e. The van der Waals surface area contributed by atoms with Crippen LogP contribution in [0.2, 0.25) is 0 Å². The third kappa shape index (κ3) is 2.82. The SMILES string of the molecule is CC1CC(Nc2ccccc2-n2ccnn2)CC(C)O1. The van der Waals surface area contributed by atoms with Gasteiger partial charge in [-0.2, -0.15) is 0 Å². The van der Waals surface area contributed by atoms with Crippen molar-refractivity contribution in [2.75, 3.05) is 5.32 Å². The molecule has 1 saturated heterocycles. The van der Waals surface area contributed by atoms with E-state index in [2.05, 4.69) is 35.5 Å². The summed E-state index contributed by atoms with van der Waals surface area (Å²) in [5, 5.41) is 11.6. The van der Waals surface area contributed by atoms with Crippen molar-refractivity contribution in [2.45, 2.75) is 44.9 Å². The zero-order valence-corrected chi connectivity index (χ0v) is 11.9. The summed E-state index contributed by atoms with van der Waals surface area (Å²) in [6.45, 7) is 4.27. The van der Waals surface area contributed by atoms with E-state index in [0.29, 0.717) is 18.2 Å². The molecule has 1 aromatic heterocycles. The molecule has 0 radical (unpaired) electrons. The summed E-state index contributed by atoms with van der Waals surface area (Å²) in [5.41, 5.74) is 2.11. The third-order valence-corrected chi connectivity index (χ3v) is 3.63. The first kappa shape index (κ1) is 13.1. The molecular formula is C15H20N4O. The van der Waals surface area contributed by atoms with Gasteiger partial charge in [0.1, 0.15) is 0 Å². The maximum absolute atomic E-state index is 5.79. The van der Waals surface area contributed by atoms with Crippen LogP contribution in [0.25, 0.3) is 5.69 Å². The van der Waals surface area contributed by atoms with Crippen LogP contribution in [-0.4, -0.2) is 33.2 Å². The van der Waals surface area contributed by atoms with Gasteiger partial charge in [-0.25, -0.2) is 4.68 Å². The molecule has 20 heavy (non-hydrogen) atoms. The van der Waals surface area contributed by atoms with Gasteiger partial charge in [-0.05, 0) is 38.8 Å². The highest BCUT2D eigenvalue weighted by Crippen LogP contribution is 2.25. The summed E-state index contributed by atoms with van der Waals surface area (Å²) in [4.78, 5) is 0. The van der Waals surface area contributed by atoms with Gasteiger partial charge in [0.05, 0.1) is 36.0 Å². The topological polar surface area (TPSA) is 52.0 Å². The lowest BCUT2D eigenvalue weighted by molar-refractivity contribution is -0.0337. The van der Waals surface area contributed by atoms with Crippen LogP contribution < -0.4 is 5.32 Å². The molecular weight excluding hydrogens is 252 g/mol. The molecule has 0 aliphatic carbocycles. The minimum atomic E-state index is 0.301. The van der Waals surface area contributed by atoms with Crippen molar-refractivity contribution in [3.8, 4) is 5.69 Å². The van der Waals surface area contributed by atoms with Gasteiger partial charge in [0.15, 0.2) is 0 Å². The molecule has 2 atom stereocenters. The van der Waals surface area contributed by atoms with E-state index in [9.17, 15) is 0 Å². The average Bonchev–Trinajstić information content (AvgIpc) is 2.92. The Morgan fingerprint density at radius 3 is 2.65 bits per heavy atom. The van der Waals surface area contributed by atoms with Crippen LogP contribution in [0, 0.1) is 0 Å². The number of benzene rings is 1. The van der Waals surface area contributed by atoms with E-state index in [0.717, 1.165) is 24.2 Å². The Bertz CT molecular complexity index is 545. The monoisotopic (exact) mass is 272 g/mol. The quantitative estimate of drug-likeness (QED) is 0.933. The second-order valence-electron chi connectivity index (χ2n) is 5.43. The van der Waals surface area contributed by atoms with Crippen LogP contribution in [0.1, 0.15) is 26.7 Å². The molecule has 5 heteroatoms. The second-order valence-corrected chi connectivity index (χ2v) is 5.43. The Labute approximate surface area is 118 Å². The van der Waals surface area contributed by atoms with Gasteiger partial charge in [0.2, 0.25) is 0 Å². The van der Waals surface area contributed by atoms with E-state index < -0.39 is 0 Å². The molecule has 2 aromatic rings. The van der Waals surface area contributed by atoms with Gasteiger partial charge in [-0.3, -0.25) is 0 Å². The molecule has 5 nitrogen and oxygen atoms in total. The Morgan fingerprint density at radius 2 is 1.95 bits per heavy atom. The predicted octanol–water partition coefficient (Wildman–Crippen LogP) is 2.64. The summed E-state index contributed by atoms with van der Waals surface area (Å²) < 4.78 is 7.58. The zero-order chi connectivity index (χ0) is 13.9. The molecule has 1 aromatic carbocycles. The lowest BCUT2D eigenvalue weighted by atomic mass is 9.99. The first-order valence-corrected chi connectivity index (χ1v) is 7.10. The van der Waals surface area contributed by atoms with E-state index in [1.165, 1.54) is 0 Å². The van der Waals surface area contributed by atoms with Crippen LogP contribution in [0.5, 0.6) is 0 Å². The fourth-order valence-electron chi connectivity index (χ4n) is 2.88. The van der Waals surface area contributed by atoms with Crippen LogP contribution in [0.3, 0.4) is 0 Å². The smallest absolute Gasteiger partial charge is 0.0894 e. The van der Waals surface area contributed by atoms with E-state index >= 15 is 0 Å². The molecule has 0 spiro atoms. The van der Waals surface area contributed by atoms with Crippen molar-refractivity contribution in [1.29, 1.82) is 0 Å². The van der Waals surface area contributed by atoms with Crippen LogP contribution in [-0.2, 0) is 4.74 Å². The number of rotatable bonds is 3. The Hall–Kier alpha value is -1.88. The number of anilines is 1. The Kier molecular flexibility index (Phi) is 3.69. The van der Waals surface area contributed by atoms with E-state index in [4.69, 9.17) is 4.74 Å². The number of hydrogen-bond acceptors (Lipinski definition) is 4. The first-order chi connectivity index (χ1) is 9.72. The Morgan fingerprint density at radius 1 is 1.20 bits per heavy atom. The molecule has 0 bridgehead atoms. The minimum Gasteiger partial charge on any atom is -0.380 e. The predicted molar refractivity (Wildman–Crippen MR) is 78.0 cm³/mol. The van der Waals surface area contributed by atoms with Crippen molar-refractivity contribution in [2.24, 2.45) is 0 Å². The average molecular weight is 272 g/mol. The zero-order valence-electron chi connectivity index (χ0n) is 11.9. The Balaban J connectivity index is 1.81. The number of nitrogens with zero attached hydrogens (tertiary/aromatic N) is 3. The molecule has 1 aliphatic heterocycles. The highest BCUT2D eigenvalue weighted by molar-refractivity contribution is 5.61. The fraction of sp³-hybridized carbons (Fsp3) is 0.467. The summed E-state index contributed by atoms with van der Waals surface area (Å²) in [7, 11) is 0. The molecule has 1 aliphatic rings. The van der Waals surface area contributed by atoms with Crippen LogP contribution in [0.4, 0.5) is 5.69 Å². The number of nitrogens with one attached hydrogen (secondary N) is 1. The lowest BCUT2D eigenvalue weighted by Crippen LogP contribution is -2.37. The molecule has 3 rings (SSSR count). The molecule has 2 heterocycles. The molecule has 1 N–H and O–H groups in total. The minimum absolute atomic E-state index is 0.301. The van der Waals surface area contributed by atoms with Gasteiger partial charge in [-0.15, -0.1) is 5.10 Å². The van der Waals surface area contributed by atoms with Crippen molar-refractivity contribution in [3.63, 3.8) is 0 Å². The van der Waals surface area contributed by atoms with Gasteiger partial charge < -0.3 is 10.1 Å². The van der Waals surface area contributed by atoms with E-state index in [1.807, 2.05) is 24.4 Å². The summed E-state index contributed by atoms with van der Waals surface area (Å²) in [6, 6.07) is 8.61. The summed E-state index contributed by atoms with van der Waals surface area (Å²) in [6.07, 6.45) is 6.20. The van der Waals surface area contributed by atoms with E-state index in [1.54, 1.807) is 10.9 Å². The maximum Gasteiger partial charge on any atom is 0.0894 e. The van der Waals surface area contributed by atoms with Crippen molar-refractivity contribution < 1.29 is 4.74 Å². The van der Waals surface area contributed by atoms with Crippen molar-refractivity contribution in [1.82, 2.24) is 15.0 Å². The number of aromatic nitrogens is 3. The standard InChI is InChI=1S/C15H20N4O/c1-11-9-13(10-12(2)20-11)17-14-5-3-4-6-15(14)19-8-7-16-18-19/h3-8,11-13,17H,9-10H2,1-2H3. The fourth-order valence-corrected chi connectivity index (χ4v) is 2.88. The van der Waals surface area contributed by atoms with Gasteiger partial charge >= 0.3 is 0 Å². The molecule has 106 valence electrons. The van der Waals surface area contributed by atoms with E-state index in [-0.39, 0.29) is 0 Å². The third-order valence-electron chi connectivity index (χ3n) is 3.63. The molecule has 0 amide bonds. The number of hydrogen-bond donors (Lipinski definition) is 1. The highest BCUT2D eigenvalue weighted by atomic mass is 16.5. The number of para-hydroxylation sites is 2. The van der Waals surface area contributed by atoms with Crippen LogP contribution in [0.15, 0.2) is 36.7 Å². The maximum atomic E-state index is 5.79. The van der Waals surface area contributed by atoms with Gasteiger partial charge in [0, 0.05) is 6.04 Å². The van der Waals surface area contributed by atoms with Gasteiger partial charge in [-0.1, -0.05) is 17.3 Å².